The summed E-state index contributed by atoms with van der Waals surface area (Å²) < 4.78 is 2.23. The Kier molecular flexibility index (Phi) is 5.33. The molecule has 3 aromatic heterocycles. The lowest BCUT2D eigenvalue weighted by atomic mass is 9.97. The molecule has 1 aliphatic rings. The van der Waals surface area contributed by atoms with Gasteiger partial charge in [-0.25, -0.2) is 19.9 Å². The molecule has 0 amide bonds. The molecule has 0 saturated carbocycles. The number of piperidine rings is 1. The second-order valence-electron chi connectivity index (χ2n) is 7.24. The van der Waals surface area contributed by atoms with Crippen LogP contribution in [-0.2, 0) is 6.54 Å². The standard InChI is InChI=1S/C19H25N7S/c1-14(2)24-17-8-18(22-12-21-17)25-6-3-4-15(9-25)19-20-5-7-26(19)10-16-11-27-13-23-16/h5,7-8,11-15H,3-4,6,9-10H2,1-2H3,(H,21,22,24)/t15-/m1/s1. The third kappa shape index (κ3) is 4.27. The molecule has 1 N–H and O–H groups in total. The van der Waals surface area contributed by atoms with Crippen LogP contribution in [0.25, 0.3) is 0 Å². The zero-order valence-corrected chi connectivity index (χ0v) is 16.6. The second kappa shape index (κ2) is 8.04. The van der Waals surface area contributed by atoms with E-state index in [1.165, 1.54) is 0 Å². The molecule has 8 heteroatoms. The quantitative estimate of drug-likeness (QED) is 0.704. The minimum Gasteiger partial charge on any atom is -0.368 e. The fraction of sp³-hybridized carbons (Fsp3) is 0.474. The molecule has 3 aromatic rings. The van der Waals surface area contributed by atoms with Crippen molar-refractivity contribution >= 4 is 23.0 Å². The van der Waals surface area contributed by atoms with Gasteiger partial charge in [-0.15, -0.1) is 11.3 Å². The summed E-state index contributed by atoms with van der Waals surface area (Å²) >= 11 is 1.63. The van der Waals surface area contributed by atoms with Gasteiger partial charge in [-0.05, 0) is 26.7 Å². The highest BCUT2D eigenvalue weighted by atomic mass is 32.1. The molecule has 4 heterocycles. The van der Waals surface area contributed by atoms with Gasteiger partial charge in [0.15, 0.2) is 0 Å². The Morgan fingerprint density at radius 1 is 1.26 bits per heavy atom. The van der Waals surface area contributed by atoms with Gasteiger partial charge in [0, 0.05) is 48.9 Å². The maximum Gasteiger partial charge on any atom is 0.134 e. The predicted molar refractivity (Wildman–Crippen MR) is 108 cm³/mol. The summed E-state index contributed by atoms with van der Waals surface area (Å²) in [6.45, 7) is 6.95. The van der Waals surface area contributed by atoms with Crippen LogP contribution < -0.4 is 10.2 Å². The highest BCUT2D eigenvalue weighted by Crippen LogP contribution is 2.29. The molecule has 142 valence electrons. The van der Waals surface area contributed by atoms with Crippen molar-refractivity contribution in [3.63, 3.8) is 0 Å². The predicted octanol–water partition coefficient (Wildman–Crippen LogP) is 3.38. The van der Waals surface area contributed by atoms with E-state index in [1.54, 1.807) is 17.7 Å². The van der Waals surface area contributed by atoms with E-state index in [0.29, 0.717) is 12.0 Å². The molecule has 0 aliphatic carbocycles. The van der Waals surface area contributed by atoms with Crippen molar-refractivity contribution < 1.29 is 0 Å². The van der Waals surface area contributed by atoms with E-state index in [1.807, 2.05) is 17.8 Å². The fourth-order valence-electron chi connectivity index (χ4n) is 3.60. The van der Waals surface area contributed by atoms with Gasteiger partial charge in [-0.2, -0.15) is 0 Å². The molecule has 0 unspecified atom stereocenters. The Balaban J connectivity index is 1.50. The molecule has 4 rings (SSSR count). The zero-order chi connectivity index (χ0) is 18.6. The summed E-state index contributed by atoms with van der Waals surface area (Å²) in [6, 6.07) is 2.39. The second-order valence-corrected chi connectivity index (χ2v) is 7.96. The Labute approximate surface area is 163 Å². The highest BCUT2D eigenvalue weighted by Gasteiger charge is 2.26. The summed E-state index contributed by atoms with van der Waals surface area (Å²) in [5.41, 5.74) is 2.97. The molecule has 0 aromatic carbocycles. The average molecular weight is 384 g/mol. The number of nitrogens with zero attached hydrogens (tertiary/aromatic N) is 6. The van der Waals surface area contributed by atoms with Crippen molar-refractivity contribution in [2.24, 2.45) is 0 Å². The lowest BCUT2D eigenvalue weighted by Gasteiger charge is -2.33. The first kappa shape index (κ1) is 17.9. The average Bonchev–Trinajstić information content (AvgIpc) is 3.34. The highest BCUT2D eigenvalue weighted by molar-refractivity contribution is 7.07. The number of imidazole rings is 1. The van der Waals surface area contributed by atoms with Gasteiger partial charge >= 0.3 is 0 Å². The van der Waals surface area contributed by atoms with E-state index in [2.05, 4.69) is 60.1 Å². The third-order valence-corrected chi connectivity index (χ3v) is 5.40. The summed E-state index contributed by atoms with van der Waals surface area (Å²) in [6.07, 6.45) is 7.88. The van der Waals surface area contributed by atoms with E-state index >= 15 is 0 Å². The van der Waals surface area contributed by atoms with Crippen molar-refractivity contribution in [2.45, 2.75) is 45.2 Å². The van der Waals surface area contributed by atoms with Crippen molar-refractivity contribution in [1.82, 2.24) is 24.5 Å². The number of rotatable bonds is 6. The van der Waals surface area contributed by atoms with Crippen molar-refractivity contribution in [3.8, 4) is 0 Å². The van der Waals surface area contributed by atoms with Gasteiger partial charge in [-0.3, -0.25) is 0 Å². The molecule has 0 spiro atoms. The van der Waals surface area contributed by atoms with E-state index in [0.717, 1.165) is 55.6 Å². The molecule has 1 fully saturated rings. The van der Waals surface area contributed by atoms with Crippen LogP contribution in [0.5, 0.6) is 0 Å². The van der Waals surface area contributed by atoms with Gasteiger partial charge in [0.1, 0.15) is 23.8 Å². The largest absolute Gasteiger partial charge is 0.368 e. The Hall–Kier alpha value is -2.48. The van der Waals surface area contributed by atoms with Crippen LogP contribution in [0.3, 0.4) is 0 Å². The van der Waals surface area contributed by atoms with Crippen LogP contribution in [0, 0.1) is 0 Å². The maximum atomic E-state index is 4.67. The zero-order valence-electron chi connectivity index (χ0n) is 15.7. The SMILES string of the molecule is CC(C)Nc1cc(N2CCC[C@@H](c3nccn3Cc3cscn3)C2)ncn1. The molecule has 1 atom stereocenters. The molecule has 7 nitrogen and oxygen atoms in total. The molecule has 0 radical (unpaired) electrons. The summed E-state index contributed by atoms with van der Waals surface area (Å²) in [5.74, 6) is 3.39. The fourth-order valence-corrected chi connectivity index (χ4v) is 4.14. The molecular weight excluding hydrogens is 358 g/mol. The van der Waals surface area contributed by atoms with Crippen molar-refractivity contribution in [2.75, 3.05) is 23.3 Å². The van der Waals surface area contributed by atoms with E-state index in [9.17, 15) is 0 Å². The minimum absolute atomic E-state index is 0.347. The van der Waals surface area contributed by atoms with Crippen molar-refractivity contribution in [1.29, 1.82) is 0 Å². The van der Waals surface area contributed by atoms with E-state index < -0.39 is 0 Å². The number of thiazole rings is 1. The third-order valence-electron chi connectivity index (χ3n) is 4.76. The molecule has 1 saturated heterocycles. The van der Waals surface area contributed by atoms with Crippen LogP contribution in [0.15, 0.2) is 35.7 Å². The van der Waals surface area contributed by atoms with Crippen LogP contribution >= 0.6 is 11.3 Å². The molecular formula is C19H25N7S. The molecule has 1 aliphatic heterocycles. The normalized spacial score (nSPS) is 17.4. The lowest BCUT2D eigenvalue weighted by Crippen LogP contribution is -2.36. The van der Waals surface area contributed by atoms with Crippen molar-refractivity contribution in [3.05, 3.63) is 47.2 Å². The topological polar surface area (TPSA) is 71.8 Å². The number of anilines is 2. The van der Waals surface area contributed by atoms with Crippen LogP contribution in [0.4, 0.5) is 11.6 Å². The molecule has 0 bridgehead atoms. The van der Waals surface area contributed by atoms with Gasteiger partial charge in [0.25, 0.3) is 0 Å². The van der Waals surface area contributed by atoms with Gasteiger partial charge in [0.2, 0.25) is 0 Å². The number of nitrogens with one attached hydrogen (secondary N) is 1. The molecule has 27 heavy (non-hydrogen) atoms. The van der Waals surface area contributed by atoms with Gasteiger partial charge in [-0.1, -0.05) is 0 Å². The smallest absolute Gasteiger partial charge is 0.134 e. The first-order valence-corrected chi connectivity index (χ1v) is 10.3. The van der Waals surface area contributed by atoms with Gasteiger partial charge in [0.05, 0.1) is 17.7 Å². The van der Waals surface area contributed by atoms with E-state index in [4.69, 9.17) is 0 Å². The Bertz CT molecular complexity index is 859. The summed E-state index contributed by atoms with van der Waals surface area (Å²) in [5, 5.41) is 5.45. The Morgan fingerprint density at radius 2 is 2.19 bits per heavy atom. The first-order chi connectivity index (χ1) is 13.2. The summed E-state index contributed by atoms with van der Waals surface area (Å²) in [7, 11) is 0. The number of hydrogen-bond donors (Lipinski definition) is 1. The van der Waals surface area contributed by atoms with Crippen LogP contribution in [-0.4, -0.2) is 43.6 Å². The maximum absolute atomic E-state index is 4.67. The van der Waals surface area contributed by atoms with E-state index in [-0.39, 0.29) is 0 Å². The first-order valence-electron chi connectivity index (χ1n) is 9.40. The number of aromatic nitrogens is 5. The van der Waals surface area contributed by atoms with Gasteiger partial charge < -0.3 is 14.8 Å². The monoisotopic (exact) mass is 383 g/mol. The van der Waals surface area contributed by atoms with Crippen LogP contribution in [0.2, 0.25) is 0 Å². The summed E-state index contributed by atoms with van der Waals surface area (Å²) in [4.78, 5) is 20.3. The lowest BCUT2D eigenvalue weighted by molar-refractivity contribution is 0.473. The number of hydrogen-bond acceptors (Lipinski definition) is 7. The van der Waals surface area contributed by atoms with Crippen LogP contribution in [0.1, 0.15) is 44.1 Å². The minimum atomic E-state index is 0.347. The Morgan fingerprint density at radius 3 is 3.00 bits per heavy atom.